The van der Waals surface area contributed by atoms with Crippen molar-refractivity contribution >= 4 is 17.6 Å². The monoisotopic (exact) mass is 428 g/mol. The van der Waals surface area contributed by atoms with E-state index in [0.29, 0.717) is 19.2 Å². The number of hydrogen-bond acceptors (Lipinski definition) is 6. The van der Waals surface area contributed by atoms with E-state index in [0.717, 1.165) is 17.2 Å². The Kier molecular flexibility index (Phi) is 3.95. The number of phenols is 1. The topological polar surface area (TPSA) is 109 Å². The average Bonchev–Trinajstić information content (AvgIpc) is 3.29. The largest absolute Gasteiger partial charge is 0.554 e. The third kappa shape index (κ3) is 3.22. The van der Waals surface area contributed by atoms with Crippen molar-refractivity contribution in [2.75, 3.05) is 4.90 Å². The van der Waals surface area contributed by atoms with Crippen molar-refractivity contribution < 1.29 is 22.7 Å². The molecule has 2 N–H and O–H groups in total. The van der Waals surface area contributed by atoms with E-state index in [9.17, 15) is 23.1 Å². The van der Waals surface area contributed by atoms with Crippen LogP contribution in [-0.4, -0.2) is 20.9 Å². The number of halogens is 3. The summed E-state index contributed by atoms with van der Waals surface area (Å²) in [6.45, 7) is 2.32. The Hall–Kier alpha value is -4.07. The number of aromatic amines is 1. The first-order valence-electron chi connectivity index (χ1n) is 9.12. The lowest BCUT2D eigenvalue weighted by Gasteiger charge is -2.11. The van der Waals surface area contributed by atoms with Crippen LogP contribution in [0, 0.1) is 6.92 Å². The van der Waals surface area contributed by atoms with Gasteiger partial charge in [0.2, 0.25) is 11.3 Å². The molecule has 0 saturated carbocycles. The highest BCUT2D eigenvalue weighted by molar-refractivity contribution is 5.91. The highest BCUT2D eigenvalue weighted by Crippen LogP contribution is 2.36. The number of hydrogen-bond donors (Lipinski definition) is 2. The number of rotatable bonds is 2. The zero-order valence-electron chi connectivity index (χ0n) is 15.9. The molecule has 11 heteroatoms. The van der Waals surface area contributed by atoms with Crippen LogP contribution in [0.25, 0.3) is 5.70 Å². The number of oxazole rings is 1. The number of anilines is 1. The van der Waals surface area contributed by atoms with Crippen molar-refractivity contribution in [3.8, 4) is 5.75 Å². The number of aryl methyl sites for hydroxylation is 1. The highest BCUT2D eigenvalue weighted by Gasteiger charge is 2.33. The van der Waals surface area contributed by atoms with E-state index in [-0.39, 0.29) is 39.4 Å². The summed E-state index contributed by atoms with van der Waals surface area (Å²) in [6.07, 6.45) is -2.95. The molecule has 0 bridgehead atoms. The summed E-state index contributed by atoms with van der Waals surface area (Å²) in [5.41, 5.74) is 1.13. The number of pyridine rings is 1. The van der Waals surface area contributed by atoms with Crippen LogP contribution in [0.5, 0.6) is 5.75 Å². The summed E-state index contributed by atoms with van der Waals surface area (Å²) in [6, 6.07) is 3.30. The molecule has 2 aliphatic rings. The Labute approximate surface area is 171 Å². The molecule has 0 atom stereocenters. The van der Waals surface area contributed by atoms with Crippen molar-refractivity contribution in [2.45, 2.75) is 26.2 Å². The van der Waals surface area contributed by atoms with E-state index in [1.165, 1.54) is 13.0 Å². The van der Waals surface area contributed by atoms with Gasteiger partial charge in [-0.15, -0.1) is 0 Å². The van der Waals surface area contributed by atoms with Gasteiger partial charge in [-0.1, -0.05) is 0 Å². The number of alkyl halides is 3. The van der Waals surface area contributed by atoms with Crippen LogP contribution in [0.4, 0.5) is 19.2 Å². The number of nitrogens with zero attached hydrogens (tertiary/aromatic N) is 4. The molecule has 0 amide bonds. The van der Waals surface area contributed by atoms with Crippen molar-refractivity contribution in [3.05, 3.63) is 73.6 Å². The minimum absolute atomic E-state index is 0.0476. The summed E-state index contributed by atoms with van der Waals surface area (Å²) in [5.74, 6) is 2.01. The first kappa shape index (κ1) is 18.9. The molecule has 0 aliphatic carbocycles. The van der Waals surface area contributed by atoms with Crippen LogP contribution >= 0.6 is 0 Å². The number of benzene rings is 1. The molecule has 2 aromatic heterocycles. The van der Waals surface area contributed by atoms with Crippen molar-refractivity contribution in [1.82, 2.24) is 14.6 Å². The first-order valence-corrected chi connectivity index (χ1v) is 9.12. The van der Waals surface area contributed by atoms with Gasteiger partial charge in [0.05, 0.1) is 11.1 Å². The maximum Gasteiger partial charge on any atom is 0.554 e. The Morgan fingerprint density at radius 3 is 2.77 bits per heavy atom. The van der Waals surface area contributed by atoms with Crippen molar-refractivity contribution in [3.63, 3.8) is 0 Å². The summed E-state index contributed by atoms with van der Waals surface area (Å²) in [7, 11) is 0. The number of phenolic OH excluding ortho intramolecular Hbond substituents is 1. The fourth-order valence-electron chi connectivity index (χ4n) is 3.60. The van der Waals surface area contributed by atoms with E-state index < -0.39 is 17.5 Å². The Balaban J connectivity index is 1.51. The van der Waals surface area contributed by atoms with Crippen LogP contribution in [0.3, 0.4) is 0 Å². The zero-order chi connectivity index (χ0) is 21.9. The van der Waals surface area contributed by atoms with E-state index in [1.807, 2.05) is 0 Å². The molecule has 31 heavy (non-hydrogen) atoms. The molecule has 1 aromatic carbocycles. The molecule has 0 fully saturated rings. The van der Waals surface area contributed by atoms with Gasteiger partial charge < -0.3 is 19.4 Å². The summed E-state index contributed by atoms with van der Waals surface area (Å²) in [4.78, 5) is 24.5. The minimum Gasteiger partial charge on any atom is -0.507 e. The minimum atomic E-state index is -4.58. The van der Waals surface area contributed by atoms with Crippen molar-refractivity contribution in [2.24, 2.45) is 4.99 Å². The molecule has 5 rings (SSSR count). The molecular formula is C20H13F3N5O3+. The maximum atomic E-state index is 13.0. The van der Waals surface area contributed by atoms with Crippen LogP contribution in [-0.2, 0) is 19.3 Å². The molecule has 3 aromatic rings. The van der Waals surface area contributed by atoms with Crippen LogP contribution in [0.15, 0.2) is 38.6 Å². The fourth-order valence-corrected chi connectivity index (χ4v) is 3.60. The van der Waals surface area contributed by atoms with E-state index in [4.69, 9.17) is 4.42 Å². The SMILES string of the molecule is Cc1cc(C(F)(F)F)cc(O)c1C1=C=[N+]=c2oc(N3Cc4c[nH]c(=O)cc4C3)nc2=N1. The predicted octanol–water partition coefficient (Wildman–Crippen LogP) is 0.947. The quantitative estimate of drug-likeness (QED) is 0.591. The molecule has 0 radical (unpaired) electrons. The number of nitrogens with one attached hydrogen (secondary N) is 1. The molecule has 0 saturated heterocycles. The van der Waals surface area contributed by atoms with Gasteiger partial charge in [-0.3, -0.25) is 4.79 Å². The molecule has 0 spiro atoms. The fraction of sp³-hybridized carbons (Fsp3) is 0.200. The summed E-state index contributed by atoms with van der Waals surface area (Å²) < 4.78 is 48.6. The van der Waals surface area contributed by atoms with Gasteiger partial charge >= 0.3 is 23.6 Å². The number of aromatic hydroxyl groups is 1. The molecule has 2 aliphatic heterocycles. The number of H-pyrrole nitrogens is 1. The molecule has 8 nitrogen and oxygen atoms in total. The average molecular weight is 428 g/mol. The molecule has 156 valence electrons. The smallest absolute Gasteiger partial charge is 0.507 e. The Bertz CT molecular complexity index is 1480. The van der Waals surface area contributed by atoms with Crippen LogP contribution in [0.1, 0.15) is 27.8 Å². The van der Waals surface area contributed by atoms with E-state index in [1.54, 1.807) is 11.1 Å². The third-order valence-corrected chi connectivity index (χ3v) is 5.04. The van der Waals surface area contributed by atoms with Gasteiger partial charge in [-0.25, -0.2) is 4.99 Å². The summed E-state index contributed by atoms with van der Waals surface area (Å²) in [5, 5.41) is 10.2. The Morgan fingerprint density at radius 1 is 1.26 bits per heavy atom. The second kappa shape index (κ2) is 6.46. The van der Waals surface area contributed by atoms with Crippen LogP contribution < -0.4 is 26.2 Å². The Morgan fingerprint density at radius 2 is 2.03 bits per heavy atom. The summed E-state index contributed by atoms with van der Waals surface area (Å²) >= 11 is 0. The standard InChI is InChI=1S/C20H12F3N5O3/c1-9-2-12(20(21,22)23)4-14(29)16(9)13-6-25-18-17(26-13)27-19(31-18)28-7-10-3-15(30)24-5-11(10)8-28/h2-5H,7-8H2,1H3,(H-,24,26,29,30)/p+1. The van der Waals surface area contributed by atoms with Gasteiger partial charge in [0.25, 0.3) is 5.49 Å². The maximum absolute atomic E-state index is 13.0. The second-order valence-electron chi connectivity index (χ2n) is 7.20. The van der Waals surface area contributed by atoms with Gasteiger partial charge in [0.1, 0.15) is 5.75 Å². The molecule has 0 unspecified atom stereocenters. The number of aromatic nitrogens is 2. The van der Waals surface area contributed by atoms with Crippen molar-refractivity contribution in [1.29, 1.82) is 0 Å². The molecule has 4 heterocycles. The van der Waals surface area contributed by atoms with E-state index in [2.05, 4.69) is 25.5 Å². The lowest BCUT2D eigenvalue weighted by Crippen LogP contribution is -2.27. The second-order valence-corrected chi connectivity index (χ2v) is 7.20. The first-order chi connectivity index (χ1) is 14.7. The lowest BCUT2D eigenvalue weighted by atomic mass is 10.0. The van der Waals surface area contributed by atoms with Crippen LogP contribution in [0.2, 0.25) is 0 Å². The predicted molar refractivity (Wildman–Crippen MR) is 102 cm³/mol. The van der Waals surface area contributed by atoms with Gasteiger partial charge in [0, 0.05) is 30.0 Å². The molecular weight excluding hydrogens is 415 g/mol. The van der Waals surface area contributed by atoms with Gasteiger partial charge in [-0.2, -0.15) is 18.2 Å². The third-order valence-electron chi connectivity index (χ3n) is 5.04. The normalized spacial score (nSPS) is 14.6. The van der Waals surface area contributed by atoms with E-state index >= 15 is 0 Å². The van der Waals surface area contributed by atoms with Gasteiger partial charge in [0.15, 0.2) is 0 Å². The lowest BCUT2D eigenvalue weighted by molar-refractivity contribution is -0.137. The van der Waals surface area contributed by atoms with Gasteiger partial charge in [-0.05, 0) is 35.7 Å². The zero-order valence-corrected chi connectivity index (χ0v) is 15.9. The number of fused-ring (bicyclic) bond motifs is 2. The highest BCUT2D eigenvalue weighted by atomic mass is 19.4.